The van der Waals surface area contributed by atoms with Crippen molar-refractivity contribution in [2.75, 3.05) is 19.0 Å². The van der Waals surface area contributed by atoms with Crippen molar-refractivity contribution in [1.29, 1.82) is 0 Å². The fraction of sp³-hybridized carbons (Fsp3) is 0.182. The van der Waals surface area contributed by atoms with Gasteiger partial charge in [-0.3, -0.25) is 4.57 Å². The number of urea groups is 1. The summed E-state index contributed by atoms with van der Waals surface area (Å²) in [6.45, 7) is 2.30. The minimum Gasteiger partial charge on any atom is -0.481 e. The maximum absolute atomic E-state index is 12.8. The van der Waals surface area contributed by atoms with Gasteiger partial charge in [-0.2, -0.15) is 0 Å². The largest absolute Gasteiger partial charge is 0.481 e. The first-order valence-corrected chi connectivity index (χ1v) is 9.04. The molecule has 0 fully saturated rings. The number of aromatic nitrogens is 2. The molecule has 0 bridgehead atoms. The Kier molecular flexibility index (Phi) is 6.05. The third kappa shape index (κ3) is 4.50. The van der Waals surface area contributed by atoms with Gasteiger partial charge in [0, 0.05) is 24.5 Å². The van der Waals surface area contributed by atoms with Crippen LogP contribution in [0.25, 0.3) is 5.69 Å². The van der Waals surface area contributed by atoms with Crippen molar-refractivity contribution < 1.29 is 9.53 Å². The molecular weight excluding hydrogens is 368 g/mol. The molecule has 29 heavy (non-hydrogen) atoms. The number of terminal acetylenes is 1. The summed E-state index contributed by atoms with van der Waals surface area (Å²) in [4.78, 5) is 29.1. The summed E-state index contributed by atoms with van der Waals surface area (Å²) in [7, 11) is 1.68. The molecule has 3 rings (SSSR count). The molecule has 0 radical (unpaired) electrons. The molecule has 0 saturated carbocycles. The standard InChI is InChI=1S/C22H22N4O3/c1-4-13-29-20-12-8-5-9-17(20)15-25(3)22(28)24-18-10-6-7-11-19(18)26-16(2)14-23-21(26)27/h1,5-12,14H,13,15H2,2-3H3,(H,23,27)(H,24,28). The highest BCUT2D eigenvalue weighted by Gasteiger charge is 2.16. The number of imidazole rings is 1. The Hall–Kier alpha value is -3.92. The van der Waals surface area contributed by atoms with Crippen LogP contribution in [-0.2, 0) is 6.54 Å². The fourth-order valence-electron chi connectivity index (χ4n) is 2.96. The van der Waals surface area contributed by atoms with E-state index in [0.29, 0.717) is 23.7 Å². The van der Waals surface area contributed by atoms with Gasteiger partial charge in [0.2, 0.25) is 0 Å². The quantitative estimate of drug-likeness (QED) is 0.635. The number of benzene rings is 2. The molecule has 3 aromatic rings. The first kappa shape index (κ1) is 19.8. The maximum atomic E-state index is 12.8. The zero-order valence-electron chi connectivity index (χ0n) is 16.3. The maximum Gasteiger partial charge on any atom is 0.330 e. The average molecular weight is 390 g/mol. The van der Waals surface area contributed by atoms with Crippen LogP contribution in [0.3, 0.4) is 0 Å². The Bertz CT molecular complexity index is 1110. The van der Waals surface area contributed by atoms with Gasteiger partial charge in [0.25, 0.3) is 0 Å². The molecule has 2 N–H and O–H groups in total. The highest BCUT2D eigenvalue weighted by atomic mass is 16.5. The summed E-state index contributed by atoms with van der Waals surface area (Å²) in [5.41, 5.74) is 2.44. The van der Waals surface area contributed by atoms with Gasteiger partial charge < -0.3 is 19.9 Å². The molecule has 148 valence electrons. The first-order chi connectivity index (χ1) is 14.0. The van der Waals surface area contributed by atoms with Gasteiger partial charge in [0.15, 0.2) is 0 Å². The fourth-order valence-corrected chi connectivity index (χ4v) is 2.96. The number of rotatable bonds is 6. The molecule has 7 nitrogen and oxygen atoms in total. The van der Waals surface area contributed by atoms with Crippen molar-refractivity contribution in [2.45, 2.75) is 13.5 Å². The van der Waals surface area contributed by atoms with E-state index >= 15 is 0 Å². The van der Waals surface area contributed by atoms with E-state index < -0.39 is 0 Å². The van der Waals surface area contributed by atoms with Gasteiger partial charge >= 0.3 is 11.7 Å². The highest BCUT2D eigenvalue weighted by Crippen LogP contribution is 2.22. The zero-order valence-corrected chi connectivity index (χ0v) is 16.3. The number of aryl methyl sites for hydroxylation is 1. The van der Waals surface area contributed by atoms with Gasteiger partial charge in [-0.1, -0.05) is 36.3 Å². The van der Waals surface area contributed by atoms with Crippen molar-refractivity contribution in [3.05, 3.63) is 76.5 Å². The van der Waals surface area contributed by atoms with Crippen molar-refractivity contribution in [2.24, 2.45) is 0 Å². The topological polar surface area (TPSA) is 79.4 Å². The average Bonchev–Trinajstić information content (AvgIpc) is 3.05. The molecule has 0 aliphatic carbocycles. The second kappa shape index (κ2) is 8.85. The number of aromatic amines is 1. The van der Waals surface area contributed by atoms with Crippen LogP contribution in [0.1, 0.15) is 11.3 Å². The number of carbonyl (C=O) groups excluding carboxylic acids is 1. The minimum absolute atomic E-state index is 0.158. The lowest BCUT2D eigenvalue weighted by Crippen LogP contribution is -2.31. The Labute approximate surface area is 168 Å². The number of para-hydroxylation sites is 3. The van der Waals surface area contributed by atoms with Crippen molar-refractivity contribution >= 4 is 11.7 Å². The molecule has 0 aliphatic heterocycles. The Morgan fingerprint density at radius 3 is 2.69 bits per heavy atom. The summed E-state index contributed by atoms with van der Waals surface area (Å²) < 4.78 is 7.06. The van der Waals surface area contributed by atoms with Crippen LogP contribution in [0.5, 0.6) is 5.75 Å². The van der Waals surface area contributed by atoms with Gasteiger partial charge in [0.1, 0.15) is 12.4 Å². The number of carbonyl (C=O) groups is 1. The molecule has 0 spiro atoms. The molecule has 0 aliphatic rings. The summed E-state index contributed by atoms with van der Waals surface area (Å²) in [5.74, 6) is 3.07. The van der Waals surface area contributed by atoms with Gasteiger partial charge in [-0.15, -0.1) is 6.42 Å². The van der Waals surface area contributed by atoms with E-state index in [4.69, 9.17) is 11.2 Å². The van der Waals surface area contributed by atoms with Crippen LogP contribution in [0, 0.1) is 19.3 Å². The van der Waals surface area contributed by atoms with Gasteiger partial charge in [-0.05, 0) is 25.1 Å². The lowest BCUT2D eigenvalue weighted by molar-refractivity contribution is 0.220. The third-order valence-corrected chi connectivity index (χ3v) is 4.38. The van der Waals surface area contributed by atoms with Crippen molar-refractivity contribution in [1.82, 2.24) is 14.5 Å². The van der Waals surface area contributed by atoms with Crippen LogP contribution < -0.4 is 15.7 Å². The van der Waals surface area contributed by atoms with Crippen LogP contribution in [-0.4, -0.2) is 34.1 Å². The first-order valence-electron chi connectivity index (χ1n) is 9.04. The van der Waals surface area contributed by atoms with Crippen LogP contribution in [0.4, 0.5) is 10.5 Å². The van der Waals surface area contributed by atoms with E-state index in [-0.39, 0.29) is 18.3 Å². The number of nitrogens with one attached hydrogen (secondary N) is 2. The third-order valence-electron chi connectivity index (χ3n) is 4.38. The second-order valence-corrected chi connectivity index (χ2v) is 6.47. The number of amides is 2. The van der Waals surface area contributed by atoms with Crippen LogP contribution in [0.15, 0.2) is 59.5 Å². The predicted molar refractivity (Wildman–Crippen MR) is 112 cm³/mol. The monoisotopic (exact) mass is 390 g/mol. The molecule has 2 amide bonds. The Balaban J connectivity index is 1.79. The van der Waals surface area contributed by atoms with E-state index in [1.165, 1.54) is 9.47 Å². The lowest BCUT2D eigenvalue weighted by atomic mass is 10.2. The number of ether oxygens (including phenoxy) is 1. The van der Waals surface area contributed by atoms with Gasteiger partial charge in [-0.25, -0.2) is 9.59 Å². The number of nitrogens with zero attached hydrogens (tertiary/aromatic N) is 2. The molecule has 2 aromatic carbocycles. The van der Waals surface area contributed by atoms with Crippen molar-refractivity contribution in [3.8, 4) is 23.8 Å². The number of H-pyrrole nitrogens is 1. The minimum atomic E-state index is -0.314. The Morgan fingerprint density at radius 2 is 1.97 bits per heavy atom. The van der Waals surface area contributed by atoms with E-state index in [0.717, 1.165) is 11.3 Å². The lowest BCUT2D eigenvalue weighted by Gasteiger charge is -2.21. The molecule has 0 saturated heterocycles. The van der Waals surface area contributed by atoms with Crippen molar-refractivity contribution in [3.63, 3.8) is 0 Å². The normalized spacial score (nSPS) is 10.2. The van der Waals surface area contributed by atoms with Crippen LogP contribution in [0.2, 0.25) is 0 Å². The van der Waals surface area contributed by atoms with E-state index in [1.54, 1.807) is 31.4 Å². The Morgan fingerprint density at radius 1 is 1.24 bits per heavy atom. The SMILES string of the molecule is C#CCOc1ccccc1CN(C)C(=O)Nc1ccccc1-n1c(C)c[nH]c1=O. The van der Waals surface area contributed by atoms with E-state index in [1.807, 2.05) is 37.3 Å². The predicted octanol–water partition coefficient (Wildman–Crippen LogP) is 3.15. The molecule has 0 unspecified atom stereocenters. The van der Waals surface area contributed by atoms with E-state index in [2.05, 4.69) is 16.2 Å². The summed E-state index contributed by atoms with van der Waals surface area (Å²) in [6.07, 6.45) is 6.89. The number of hydrogen-bond acceptors (Lipinski definition) is 3. The highest BCUT2D eigenvalue weighted by molar-refractivity contribution is 5.91. The summed E-state index contributed by atoms with van der Waals surface area (Å²) >= 11 is 0. The molecule has 0 atom stereocenters. The number of hydrogen-bond donors (Lipinski definition) is 2. The molecular formula is C22H22N4O3. The van der Waals surface area contributed by atoms with E-state index in [9.17, 15) is 9.59 Å². The molecule has 1 heterocycles. The van der Waals surface area contributed by atoms with Gasteiger partial charge in [0.05, 0.1) is 17.9 Å². The second-order valence-electron chi connectivity index (χ2n) is 6.47. The molecule has 1 aromatic heterocycles. The zero-order chi connectivity index (χ0) is 20.8. The summed E-state index contributed by atoms with van der Waals surface area (Å²) in [5, 5.41) is 2.88. The summed E-state index contributed by atoms with van der Waals surface area (Å²) in [6, 6.07) is 14.3. The van der Waals surface area contributed by atoms with Crippen LogP contribution >= 0.6 is 0 Å². The molecule has 7 heteroatoms. The number of anilines is 1. The smallest absolute Gasteiger partial charge is 0.330 e.